The Morgan fingerprint density at radius 2 is 1.72 bits per heavy atom. The van der Waals surface area contributed by atoms with Crippen LogP contribution in [0.25, 0.3) is 16.3 Å². The van der Waals surface area contributed by atoms with Crippen LogP contribution in [0.4, 0.5) is 26.3 Å². The molecular formula is C34H29Cl2F6N6O3S2-. The van der Waals surface area contributed by atoms with Crippen LogP contribution in [0.15, 0.2) is 54.6 Å². The second kappa shape index (κ2) is 16.1. The highest BCUT2D eigenvalue weighted by Gasteiger charge is 2.45. The third-order valence-corrected chi connectivity index (χ3v) is 11.0. The number of amides is 1. The number of hydrogen-bond donors (Lipinski definition) is 1. The number of carbonyl (C=O) groups is 1. The number of benzene rings is 2. The molecule has 1 N–H and O–H groups in total. The van der Waals surface area contributed by atoms with E-state index >= 15 is 0 Å². The largest absolute Gasteiger partial charge is 0.759 e. The number of halogens is 8. The summed E-state index contributed by atoms with van der Waals surface area (Å²) in [6.07, 6.45) is -6.73. The summed E-state index contributed by atoms with van der Waals surface area (Å²) in [5.74, 6) is 3.32. The Kier molecular flexibility index (Phi) is 11.9. The van der Waals surface area contributed by atoms with Crippen LogP contribution in [-0.4, -0.2) is 71.2 Å². The van der Waals surface area contributed by atoms with E-state index in [0.29, 0.717) is 33.4 Å². The van der Waals surface area contributed by atoms with Gasteiger partial charge < -0.3 is 4.55 Å². The second-order valence-electron chi connectivity index (χ2n) is 12.3. The predicted octanol–water partition coefficient (Wildman–Crippen LogP) is 7.85. The molecule has 2 aromatic heterocycles. The summed E-state index contributed by atoms with van der Waals surface area (Å²) in [5, 5.41) is 7.88. The van der Waals surface area contributed by atoms with Crippen LogP contribution in [0, 0.1) is 17.8 Å². The highest BCUT2D eigenvalue weighted by molar-refractivity contribution is 7.76. The first-order valence-corrected chi connectivity index (χ1v) is 18.8. The predicted molar refractivity (Wildman–Crippen MR) is 187 cm³/mol. The van der Waals surface area contributed by atoms with E-state index in [1.165, 1.54) is 28.9 Å². The average molecular weight is 819 g/mol. The number of nitrogens with one attached hydrogen (secondary N) is 1. The highest BCUT2D eigenvalue weighted by atomic mass is 35.5. The first-order chi connectivity index (χ1) is 25.1. The van der Waals surface area contributed by atoms with Gasteiger partial charge in [0.25, 0.3) is 5.91 Å². The standard InChI is InChI=1S/C34H30Cl2F6N6O3S2/c35-24-9-12-28(27(36)18-24)48-31(29-13-11-25(52-29)10-6-21-4-7-22(8-5-21)33(37,38)39)26(30(43-48)32(49)44-45-15-2-1-3-16-45)20-47(53(50)51)46-17-14-23(19-46)34(40,41)42/h4-5,7-9,11-13,18,23H,1-3,14-17,19-20H2,(H,44,49)(H,50,51)/p-1. The van der Waals surface area contributed by atoms with Crippen LogP contribution in [0.5, 0.6) is 0 Å². The fraction of sp³-hybridized carbons (Fsp3) is 0.353. The highest BCUT2D eigenvalue weighted by Crippen LogP contribution is 2.39. The lowest BCUT2D eigenvalue weighted by Crippen LogP contribution is -2.46. The summed E-state index contributed by atoms with van der Waals surface area (Å²) < 4.78 is 108. The van der Waals surface area contributed by atoms with Crippen molar-refractivity contribution in [2.24, 2.45) is 5.92 Å². The molecule has 2 fully saturated rings. The van der Waals surface area contributed by atoms with Gasteiger partial charge in [0.05, 0.1) is 44.2 Å². The first-order valence-electron chi connectivity index (χ1n) is 16.2. The third kappa shape index (κ3) is 9.26. The Hall–Kier alpha value is -3.47. The molecule has 6 rings (SSSR count). The number of rotatable bonds is 8. The van der Waals surface area contributed by atoms with E-state index in [4.69, 9.17) is 23.2 Å². The van der Waals surface area contributed by atoms with Crippen molar-refractivity contribution in [3.8, 4) is 28.1 Å². The van der Waals surface area contributed by atoms with Gasteiger partial charge in [-0.2, -0.15) is 35.9 Å². The maximum atomic E-state index is 14.0. The van der Waals surface area contributed by atoms with Gasteiger partial charge >= 0.3 is 12.4 Å². The topological polar surface area (TPSA) is 96.8 Å². The fourth-order valence-corrected chi connectivity index (χ4v) is 8.05. The van der Waals surface area contributed by atoms with Crippen molar-refractivity contribution in [1.29, 1.82) is 0 Å². The van der Waals surface area contributed by atoms with Gasteiger partial charge in [-0.1, -0.05) is 41.5 Å². The van der Waals surface area contributed by atoms with E-state index in [-0.39, 0.29) is 40.6 Å². The van der Waals surface area contributed by atoms with Gasteiger partial charge in [0.2, 0.25) is 0 Å². The Morgan fingerprint density at radius 3 is 2.34 bits per heavy atom. The average Bonchev–Trinajstić information content (AvgIpc) is 3.85. The van der Waals surface area contributed by atoms with Crippen molar-refractivity contribution in [3.63, 3.8) is 0 Å². The number of hydrazine groups is 2. The maximum absolute atomic E-state index is 14.0. The summed E-state index contributed by atoms with van der Waals surface area (Å²) in [5.41, 5.74) is 2.71. The molecule has 4 heterocycles. The fourth-order valence-electron chi connectivity index (χ4n) is 6.07. The molecule has 2 saturated heterocycles. The molecule has 0 spiro atoms. The summed E-state index contributed by atoms with van der Waals surface area (Å²) >= 11 is 10.9. The lowest BCUT2D eigenvalue weighted by molar-refractivity contribution is -0.172. The molecule has 9 nitrogen and oxygen atoms in total. The Labute approximate surface area is 316 Å². The zero-order chi connectivity index (χ0) is 38.1. The smallest absolute Gasteiger partial charge is 0.416 e. The van der Waals surface area contributed by atoms with E-state index in [0.717, 1.165) is 52.2 Å². The summed E-state index contributed by atoms with van der Waals surface area (Å²) in [7, 11) is 0. The molecule has 2 aromatic carbocycles. The van der Waals surface area contributed by atoms with Gasteiger partial charge in [0, 0.05) is 53.6 Å². The molecule has 2 aliphatic heterocycles. The van der Waals surface area contributed by atoms with Crippen molar-refractivity contribution in [2.45, 2.75) is 44.6 Å². The van der Waals surface area contributed by atoms with Crippen LogP contribution < -0.4 is 5.43 Å². The molecule has 0 aliphatic carbocycles. The van der Waals surface area contributed by atoms with Crippen molar-refractivity contribution >= 4 is 51.7 Å². The molecule has 19 heteroatoms. The molecule has 0 saturated carbocycles. The number of thiophene rings is 1. The SMILES string of the molecule is O=C(NN1CCCCC1)c1nn(-c2ccc(Cl)cc2Cl)c(-c2ccc(C#Cc3ccc(C(F)(F)F)cc3)s2)c1CN(N1CCC(C(F)(F)F)C1)S(=O)[O-]. The molecule has 0 radical (unpaired) electrons. The second-order valence-corrected chi connectivity index (χ2v) is 15.1. The number of aromatic nitrogens is 2. The Balaban J connectivity index is 1.46. The number of alkyl halides is 6. The number of carbonyl (C=O) groups excluding carboxylic acids is 1. The molecule has 0 bridgehead atoms. The number of nitrogens with zero attached hydrogens (tertiary/aromatic N) is 5. The van der Waals surface area contributed by atoms with E-state index in [2.05, 4.69) is 22.4 Å². The van der Waals surface area contributed by atoms with Crippen LogP contribution in [-0.2, 0) is 24.0 Å². The van der Waals surface area contributed by atoms with Crippen LogP contribution in [0.2, 0.25) is 10.0 Å². The number of hydrogen-bond acceptors (Lipinski definition) is 7. The lowest BCUT2D eigenvalue weighted by atomic mass is 10.1. The van der Waals surface area contributed by atoms with Crippen LogP contribution in [0.1, 0.15) is 57.7 Å². The minimum Gasteiger partial charge on any atom is -0.759 e. The van der Waals surface area contributed by atoms with Crippen molar-refractivity contribution < 1.29 is 39.9 Å². The monoisotopic (exact) mass is 817 g/mol. The Morgan fingerprint density at radius 1 is 1.00 bits per heavy atom. The summed E-state index contributed by atoms with van der Waals surface area (Å²) in [6.45, 7) is -0.251. The van der Waals surface area contributed by atoms with Gasteiger partial charge in [-0.3, -0.25) is 14.4 Å². The van der Waals surface area contributed by atoms with Gasteiger partial charge in [-0.25, -0.2) is 14.7 Å². The van der Waals surface area contributed by atoms with E-state index in [1.54, 1.807) is 23.2 Å². The van der Waals surface area contributed by atoms with Crippen molar-refractivity contribution in [2.75, 3.05) is 26.2 Å². The molecule has 53 heavy (non-hydrogen) atoms. The zero-order valence-electron chi connectivity index (χ0n) is 27.4. The van der Waals surface area contributed by atoms with Crippen molar-refractivity contribution in [1.82, 2.24) is 29.6 Å². The molecule has 1 amide bonds. The maximum Gasteiger partial charge on any atom is 0.416 e. The molecule has 4 aromatic rings. The Bertz CT molecular complexity index is 2060. The molecule has 2 unspecified atom stereocenters. The van der Waals surface area contributed by atoms with E-state index in [9.17, 15) is 39.9 Å². The summed E-state index contributed by atoms with van der Waals surface area (Å²) in [6, 6.07) is 12.1. The van der Waals surface area contributed by atoms with Crippen LogP contribution in [0.3, 0.4) is 0 Å². The van der Waals surface area contributed by atoms with Gasteiger partial charge in [0.1, 0.15) is 0 Å². The molecule has 2 aliphatic rings. The van der Waals surface area contributed by atoms with Gasteiger partial charge in [0.15, 0.2) is 5.69 Å². The summed E-state index contributed by atoms with van der Waals surface area (Å²) in [4.78, 5) is 14.9. The minimum absolute atomic E-state index is 0.0780. The quantitative estimate of drug-likeness (QED) is 0.111. The van der Waals surface area contributed by atoms with Crippen LogP contribution >= 0.6 is 34.5 Å². The zero-order valence-corrected chi connectivity index (χ0v) is 30.6. The molecule has 2 atom stereocenters. The van der Waals surface area contributed by atoms with E-state index < -0.39 is 54.1 Å². The molecule has 282 valence electrons. The first kappa shape index (κ1) is 39.2. The van der Waals surface area contributed by atoms with Gasteiger partial charge in [-0.15, -0.1) is 11.3 Å². The molecular weight excluding hydrogens is 789 g/mol. The van der Waals surface area contributed by atoms with E-state index in [1.807, 2.05) is 0 Å². The normalized spacial score (nSPS) is 17.9. The minimum atomic E-state index is -4.54. The number of piperidine rings is 1. The third-order valence-electron chi connectivity index (χ3n) is 8.74. The van der Waals surface area contributed by atoms with Gasteiger partial charge in [-0.05, 0) is 73.9 Å². The van der Waals surface area contributed by atoms with Crippen molar-refractivity contribution in [3.05, 3.63) is 91.9 Å². The lowest BCUT2D eigenvalue weighted by Gasteiger charge is -2.33.